The fourth-order valence-electron chi connectivity index (χ4n) is 2.48. The topological polar surface area (TPSA) is 125 Å². The fraction of sp³-hybridized carbons (Fsp3) is 0.412. The second-order valence-corrected chi connectivity index (χ2v) is 6.80. The number of nitrogens with zero attached hydrogens (tertiary/aromatic N) is 1. The third kappa shape index (κ3) is 4.71. The minimum absolute atomic E-state index is 0.144. The van der Waals surface area contributed by atoms with Gasteiger partial charge in [-0.2, -0.15) is 0 Å². The maximum atomic E-state index is 12.4. The normalized spacial score (nSPS) is 14.7. The number of carbonyl (C=O) groups excluding carboxylic acids is 3. The number of carbonyl (C=O) groups is 4. The highest BCUT2D eigenvalue weighted by atomic mass is 16.6. The van der Waals surface area contributed by atoms with E-state index in [1.165, 1.54) is 12.1 Å². The first-order valence-electron chi connectivity index (χ1n) is 8.00. The second kappa shape index (κ2) is 7.42. The van der Waals surface area contributed by atoms with E-state index in [9.17, 15) is 19.2 Å². The molecule has 0 saturated heterocycles. The van der Waals surface area contributed by atoms with Crippen LogP contribution in [0.5, 0.6) is 0 Å². The molecule has 1 aliphatic heterocycles. The van der Waals surface area contributed by atoms with Crippen molar-refractivity contribution in [2.24, 2.45) is 0 Å². The number of hydrogen-bond acceptors (Lipinski definition) is 5. The molecule has 0 saturated carbocycles. The second-order valence-electron chi connectivity index (χ2n) is 6.80. The van der Waals surface area contributed by atoms with Gasteiger partial charge in [0.05, 0.1) is 23.7 Å². The van der Waals surface area contributed by atoms with Crippen LogP contribution < -0.4 is 10.6 Å². The van der Waals surface area contributed by atoms with Crippen molar-refractivity contribution < 1.29 is 29.0 Å². The molecule has 1 atom stereocenters. The Hall–Kier alpha value is -3.10. The van der Waals surface area contributed by atoms with Crippen LogP contribution in [0, 0.1) is 0 Å². The van der Waals surface area contributed by atoms with Gasteiger partial charge >= 0.3 is 12.2 Å². The van der Waals surface area contributed by atoms with E-state index in [0.29, 0.717) is 0 Å². The van der Waals surface area contributed by atoms with Crippen molar-refractivity contribution in [2.75, 3.05) is 13.1 Å². The van der Waals surface area contributed by atoms with Gasteiger partial charge in [0, 0.05) is 6.54 Å². The van der Waals surface area contributed by atoms with E-state index in [-0.39, 0.29) is 24.2 Å². The van der Waals surface area contributed by atoms with Crippen molar-refractivity contribution in [1.82, 2.24) is 15.5 Å². The molecule has 0 bridgehead atoms. The van der Waals surface area contributed by atoms with Crippen LogP contribution in [0.3, 0.4) is 0 Å². The van der Waals surface area contributed by atoms with Gasteiger partial charge < -0.3 is 20.5 Å². The number of nitrogens with one attached hydrogen (secondary N) is 2. The predicted octanol–water partition coefficient (Wildman–Crippen LogP) is 1.44. The predicted molar refractivity (Wildman–Crippen MR) is 91.0 cm³/mol. The molecule has 4 amide bonds. The number of imide groups is 1. The van der Waals surface area contributed by atoms with E-state index in [2.05, 4.69) is 10.6 Å². The first-order valence-corrected chi connectivity index (χ1v) is 8.00. The lowest BCUT2D eigenvalue weighted by Gasteiger charge is -2.24. The van der Waals surface area contributed by atoms with Crippen LogP contribution in [-0.4, -0.2) is 58.7 Å². The zero-order valence-electron chi connectivity index (χ0n) is 14.7. The summed E-state index contributed by atoms with van der Waals surface area (Å²) in [5.41, 5.74) is -0.166. The van der Waals surface area contributed by atoms with E-state index in [1.807, 2.05) is 0 Å². The molecule has 9 heteroatoms. The minimum atomic E-state index is -1.34. The van der Waals surface area contributed by atoms with E-state index in [4.69, 9.17) is 9.84 Å². The zero-order valence-corrected chi connectivity index (χ0v) is 14.7. The molecule has 0 spiro atoms. The lowest BCUT2D eigenvalue weighted by atomic mass is 10.1. The molecule has 0 aromatic heterocycles. The number of ether oxygens (including phenoxy) is 1. The molecule has 0 fully saturated rings. The summed E-state index contributed by atoms with van der Waals surface area (Å²) in [6.07, 6.45) is -2.06. The van der Waals surface area contributed by atoms with Gasteiger partial charge in [0.15, 0.2) is 0 Å². The molecular formula is C17H21N3O6. The van der Waals surface area contributed by atoms with Gasteiger partial charge in [-0.05, 0) is 32.9 Å². The lowest BCUT2D eigenvalue weighted by molar-refractivity contribution is 0.0518. The standard InChI is InChI=1S/C17H21N3O6/c1-17(2,3)26-16(25)18-8-10(19-15(23)24)9-20-13(21)11-6-4-5-7-12(11)14(20)22/h4-7,10,19H,8-9H2,1-3H3,(H,18,25)(H,23,24). The molecule has 3 N–H and O–H groups in total. The first-order chi connectivity index (χ1) is 12.1. The first kappa shape index (κ1) is 19.2. The monoisotopic (exact) mass is 363 g/mol. The number of benzene rings is 1. The van der Waals surface area contributed by atoms with Gasteiger partial charge in [0.1, 0.15) is 5.60 Å². The highest BCUT2D eigenvalue weighted by Gasteiger charge is 2.36. The van der Waals surface area contributed by atoms with Gasteiger partial charge in [-0.15, -0.1) is 0 Å². The molecule has 0 aliphatic carbocycles. The molecule has 2 rings (SSSR count). The Morgan fingerprint density at radius 3 is 2.15 bits per heavy atom. The molecule has 1 aliphatic rings. The van der Waals surface area contributed by atoms with Crippen LogP contribution in [0.4, 0.5) is 9.59 Å². The Morgan fingerprint density at radius 1 is 1.15 bits per heavy atom. The maximum Gasteiger partial charge on any atom is 0.407 e. The Kier molecular flexibility index (Phi) is 5.49. The number of carboxylic acid groups (broad SMARTS) is 1. The van der Waals surface area contributed by atoms with Crippen LogP contribution in [0.15, 0.2) is 24.3 Å². The smallest absolute Gasteiger partial charge is 0.407 e. The number of alkyl carbamates (subject to hydrolysis) is 1. The SMILES string of the molecule is CC(C)(C)OC(=O)NCC(CN1C(=O)c2ccccc2C1=O)NC(=O)O. The van der Waals surface area contributed by atoms with Gasteiger partial charge in [-0.25, -0.2) is 9.59 Å². The minimum Gasteiger partial charge on any atom is -0.465 e. The number of hydrogen-bond donors (Lipinski definition) is 3. The van der Waals surface area contributed by atoms with Crippen molar-refractivity contribution in [3.63, 3.8) is 0 Å². The quantitative estimate of drug-likeness (QED) is 0.680. The molecule has 9 nitrogen and oxygen atoms in total. The maximum absolute atomic E-state index is 12.4. The van der Waals surface area contributed by atoms with Gasteiger partial charge in [-0.3, -0.25) is 14.5 Å². The highest BCUT2D eigenvalue weighted by Crippen LogP contribution is 2.22. The van der Waals surface area contributed by atoms with Crippen molar-refractivity contribution in [3.05, 3.63) is 35.4 Å². The number of amides is 4. The lowest BCUT2D eigenvalue weighted by Crippen LogP contribution is -2.51. The Balaban J connectivity index is 2.04. The molecule has 1 aromatic rings. The summed E-state index contributed by atoms with van der Waals surface area (Å²) < 4.78 is 5.08. The third-order valence-corrected chi connectivity index (χ3v) is 3.50. The average molecular weight is 363 g/mol. The largest absolute Gasteiger partial charge is 0.465 e. The molecule has 1 unspecified atom stereocenters. The van der Waals surface area contributed by atoms with Crippen molar-refractivity contribution in [3.8, 4) is 0 Å². The van der Waals surface area contributed by atoms with E-state index < -0.39 is 35.6 Å². The molecule has 1 aromatic carbocycles. The summed E-state index contributed by atoms with van der Waals surface area (Å²) >= 11 is 0. The number of rotatable bonds is 5. The molecule has 26 heavy (non-hydrogen) atoms. The summed E-state index contributed by atoms with van der Waals surface area (Å²) in [7, 11) is 0. The van der Waals surface area contributed by atoms with E-state index >= 15 is 0 Å². The van der Waals surface area contributed by atoms with Crippen LogP contribution in [0.2, 0.25) is 0 Å². The Morgan fingerprint density at radius 2 is 1.69 bits per heavy atom. The molecular weight excluding hydrogens is 342 g/mol. The highest BCUT2D eigenvalue weighted by molar-refractivity contribution is 6.21. The van der Waals surface area contributed by atoms with Crippen LogP contribution >= 0.6 is 0 Å². The Bertz CT molecular complexity index is 705. The van der Waals surface area contributed by atoms with Crippen LogP contribution in [0.1, 0.15) is 41.5 Å². The Labute approximate surface area is 150 Å². The van der Waals surface area contributed by atoms with Crippen molar-refractivity contribution in [2.45, 2.75) is 32.4 Å². The summed E-state index contributed by atoms with van der Waals surface area (Å²) in [5.74, 6) is -1.000. The van der Waals surface area contributed by atoms with E-state index in [1.54, 1.807) is 32.9 Å². The summed E-state index contributed by atoms with van der Waals surface area (Å²) in [6, 6.07) is 5.47. The zero-order chi connectivity index (χ0) is 19.5. The molecule has 1 heterocycles. The summed E-state index contributed by atoms with van der Waals surface area (Å²) in [6.45, 7) is 4.72. The summed E-state index contributed by atoms with van der Waals surface area (Å²) in [4.78, 5) is 48.4. The molecule has 0 radical (unpaired) electrons. The van der Waals surface area contributed by atoms with Crippen LogP contribution in [0.25, 0.3) is 0 Å². The average Bonchev–Trinajstić information content (AvgIpc) is 2.76. The van der Waals surface area contributed by atoms with Gasteiger partial charge in [-0.1, -0.05) is 12.1 Å². The fourth-order valence-corrected chi connectivity index (χ4v) is 2.48. The summed E-state index contributed by atoms with van der Waals surface area (Å²) in [5, 5.41) is 13.6. The van der Waals surface area contributed by atoms with Gasteiger partial charge in [0.2, 0.25) is 0 Å². The number of fused-ring (bicyclic) bond motifs is 1. The van der Waals surface area contributed by atoms with Crippen molar-refractivity contribution >= 4 is 24.0 Å². The third-order valence-electron chi connectivity index (χ3n) is 3.50. The van der Waals surface area contributed by atoms with E-state index in [0.717, 1.165) is 4.90 Å². The van der Waals surface area contributed by atoms with Crippen LogP contribution in [-0.2, 0) is 4.74 Å². The molecule has 140 valence electrons. The van der Waals surface area contributed by atoms with Gasteiger partial charge in [0.25, 0.3) is 11.8 Å². The van der Waals surface area contributed by atoms with Crippen molar-refractivity contribution in [1.29, 1.82) is 0 Å².